The Balaban J connectivity index is 3.04. The van der Waals surface area contributed by atoms with Gasteiger partial charge >= 0.3 is 0 Å². The minimum atomic E-state index is -3.96. The molecule has 0 aliphatic heterocycles. The zero-order valence-corrected chi connectivity index (χ0v) is 13.4. The van der Waals surface area contributed by atoms with Crippen LogP contribution in [0.25, 0.3) is 0 Å². The van der Waals surface area contributed by atoms with Crippen molar-refractivity contribution in [2.75, 3.05) is 13.2 Å². The molecule has 1 rings (SSSR count). The third-order valence-corrected chi connectivity index (χ3v) is 4.64. The van der Waals surface area contributed by atoms with E-state index in [2.05, 4.69) is 4.72 Å². The first kappa shape index (κ1) is 18.0. The monoisotopic (exact) mass is 318 g/mol. The van der Waals surface area contributed by atoms with Crippen LogP contribution in [0, 0.1) is 11.7 Å². The quantitative estimate of drug-likeness (QED) is 0.763. The number of ether oxygens (including phenoxy) is 1. The zero-order chi connectivity index (χ0) is 16.0. The minimum absolute atomic E-state index is 0.0204. The van der Waals surface area contributed by atoms with Gasteiger partial charge in [0, 0.05) is 19.2 Å². The second-order valence-electron chi connectivity index (χ2n) is 5.10. The van der Waals surface area contributed by atoms with Crippen molar-refractivity contribution in [2.24, 2.45) is 11.7 Å². The Bertz CT molecular complexity index is 561. The summed E-state index contributed by atoms with van der Waals surface area (Å²) in [5.74, 6) is -0.773. The molecule has 3 N–H and O–H groups in total. The van der Waals surface area contributed by atoms with Crippen LogP contribution in [0.15, 0.2) is 23.1 Å². The Labute approximate surface area is 125 Å². The molecule has 0 fully saturated rings. The van der Waals surface area contributed by atoms with Crippen LogP contribution in [0.4, 0.5) is 4.39 Å². The molecule has 0 radical (unpaired) electrons. The molecule has 1 aromatic rings. The molecule has 5 nitrogen and oxygen atoms in total. The fourth-order valence-electron chi connectivity index (χ4n) is 1.75. The van der Waals surface area contributed by atoms with E-state index >= 15 is 0 Å². The van der Waals surface area contributed by atoms with Gasteiger partial charge in [-0.05, 0) is 30.5 Å². The average Bonchev–Trinajstić information content (AvgIpc) is 2.43. The topological polar surface area (TPSA) is 81.4 Å². The third-order valence-electron chi connectivity index (χ3n) is 3.13. The molecule has 0 bridgehead atoms. The largest absolute Gasteiger partial charge is 0.380 e. The molecule has 0 aliphatic rings. The predicted molar refractivity (Wildman–Crippen MR) is 79.7 cm³/mol. The molecule has 120 valence electrons. The van der Waals surface area contributed by atoms with Gasteiger partial charge in [0.15, 0.2) is 0 Å². The molecule has 0 spiro atoms. The summed E-state index contributed by atoms with van der Waals surface area (Å²) >= 11 is 0. The average molecular weight is 318 g/mol. The lowest BCUT2D eigenvalue weighted by atomic mass is 10.1. The van der Waals surface area contributed by atoms with Gasteiger partial charge in [-0.2, -0.15) is 0 Å². The first-order chi connectivity index (χ1) is 9.81. The number of benzene rings is 1. The Morgan fingerprint density at radius 2 is 2.05 bits per heavy atom. The molecule has 0 aliphatic carbocycles. The van der Waals surface area contributed by atoms with Gasteiger partial charge < -0.3 is 10.5 Å². The molecule has 0 aromatic heterocycles. The van der Waals surface area contributed by atoms with Crippen LogP contribution in [0.5, 0.6) is 0 Å². The van der Waals surface area contributed by atoms with Gasteiger partial charge in [0.2, 0.25) is 10.0 Å². The van der Waals surface area contributed by atoms with Crippen LogP contribution in [0.3, 0.4) is 0 Å². The second kappa shape index (κ2) is 7.84. The normalized spacial score (nSPS) is 13.6. The van der Waals surface area contributed by atoms with Crippen LogP contribution < -0.4 is 10.5 Å². The number of halogens is 1. The van der Waals surface area contributed by atoms with E-state index in [0.717, 1.165) is 6.07 Å². The fourth-order valence-corrected chi connectivity index (χ4v) is 3.25. The predicted octanol–water partition coefficient (Wildman–Crippen LogP) is 1.62. The number of hydrogen-bond acceptors (Lipinski definition) is 4. The smallest absolute Gasteiger partial charge is 0.243 e. The maximum Gasteiger partial charge on any atom is 0.243 e. The van der Waals surface area contributed by atoms with Crippen LogP contribution in [-0.2, 0) is 21.3 Å². The van der Waals surface area contributed by atoms with Gasteiger partial charge in [-0.3, -0.25) is 0 Å². The van der Waals surface area contributed by atoms with Crippen molar-refractivity contribution >= 4 is 10.0 Å². The van der Waals surface area contributed by atoms with Gasteiger partial charge in [0.25, 0.3) is 0 Å². The lowest BCUT2D eigenvalue weighted by Gasteiger charge is -2.22. The van der Waals surface area contributed by atoms with E-state index in [1.807, 2.05) is 20.8 Å². The molecular formula is C14H23FN2O3S. The van der Waals surface area contributed by atoms with E-state index in [-0.39, 0.29) is 24.0 Å². The Kier molecular flexibility index (Phi) is 6.73. The third kappa shape index (κ3) is 5.03. The van der Waals surface area contributed by atoms with Gasteiger partial charge in [-0.25, -0.2) is 17.5 Å². The van der Waals surface area contributed by atoms with Crippen molar-refractivity contribution in [3.63, 3.8) is 0 Å². The molecule has 1 unspecified atom stereocenters. The zero-order valence-electron chi connectivity index (χ0n) is 12.6. The second-order valence-corrected chi connectivity index (χ2v) is 6.78. The Morgan fingerprint density at radius 1 is 1.38 bits per heavy atom. The van der Waals surface area contributed by atoms with E-state index in [4.69, 9.17) is 10.5 Å². The van der Waals surface area contributed by atoms with Gasteiger partial charge in [-0.1, -0.05) is 19.9 Å². The van der Waals surface area contributed by atoms with Crippen molar-refractivity contribution in [3.8, 4) is 0 Å². The number of hydrogen-bond donors (Lipinski definition) is 2. The number of nitrogens with one attached hydrogen (secondary N) is 1. The van der Waals surface area contributed by atoms with Crippen molar-refractivity contribution in [3.05, 3.63) is 29.6 Å². The van der Waals surface area contributed by atoms with Gasteiger partial charge in [-0.15, -0.1) is 0 Å². The highest BCUT2D eigenvalue weighted by atomic mass is 32.2. The lowest BCUT2D eigenvalue weighted by Crippen LogP contribution is -2.42. The SMILES string of the molecule is CCOCC(NS(=O)(=O)c1cc(CN)ccc1F)C(C)C. The highest BCUT2D eigenvalue weighted by Gasteiger charge is 2.25. The summed E-state index contributed by atoms with van der Waals surface area (Å²) < 4.78 is 46.3. The Morgan fingerprint density at radius 3 is 2.57 bits per heavy atom. The molecule has 1 aromatic carbocycles. The molecule has 21 heavy (non-hydrogen) atoms. The van der Waals surface area contributed by atoms with Crippen LogP contribution in [0.2, 0.25) is 0 Å². The molecule has 0 amide bonds. The maximum atomic E-state index is 13.8. The summed E-state index contributed by atoms with van der Waals surface area (Å²) in [5.41, 5.74) is 6.03. The lowest BCUT2D eigenvalue weighted by molar-refractivity contribution is 0.116. The summed E-state index contributed by atoms with van der Waals surface area (Å²) in [5, 5.41) is 0. The van der Waals surface area contributed by atoms with E-state index in [1.165, 1.54) is 12.1 Å². The molecule has 0 heterocycles. The summed E-state index contributed by atoms with van der Waals surface area (Å²) in [6.07, 6.45) is 0. The number of sulfonamides is 1. The summed E-state index contributed by atoms with van der Waals surface area (Å²) in [6.45, 7) is 6.46. The number of rotatable bonds is 8. The van der Waals surface area contributed by atoms with Crippen molar-refractivity contribution in [2.45, 2.75) is 38.3 Å². The van der Waals surface area contributed by atoms with E-state index in [0.29, 0.717) is 12.2 Å². The molecular weight excluding hydrogens is 295 g/mol. The highest BCUT2D eigenvalue weighted by Crippen LogP contribution is 2.18. The molecule has 1 atom stereocenters. The van der Waals surface area contributed by atoms with E-state index in [1.54, 1.807) is 0 Å². The van der Waals surface area contributed by atoms with Crippen molar-refractivity contribution in [1.82, 2.24) is 4.72 Å². The summed E-state index contributed by atoms with van der Waals surface area (Å²) in [4.78, 5) is -0.382. The minimum Gasteiger partial charge on any atom is -0.380 e. The molecule has 0 saturated heterocycles. The summed E-state index contributed by atoms with van der Waals surface area (Å²) in [7, 11) is -3.96. The van der Waals surface area contributed by atoms with Crippen molar-refractivity contribution in [1.29, 1.82) is 0 Å². The highest BCUT2D eigenvalue weighted by molar-refractivity contribution is 7.89. The van der Waals surface area contributed by atoms with Crippen molar-refractivity contribution < 1.29 is 17.5 Å². The van der Waals surface area contributed by atoms with Crippen LogP contribution in [-0.4, -0.2) is 27.7 Å². The van der Waals surface area contributed by atoms with Gasteiger partial charge in [0.1, 0.15) is 10.7 Å². The van der Waals surface area contributed by atoms with E-state index in [9.17, 15) is 12.8 Å². The first-order valence-corrected chi connectivity index (χ1v) is 8.38. The number of nitrogens with two attached hydrogens (primary N) is 1. The molecule has 0 saturated carbocycles. The van der Waals surface area contributed by atoms with Gasteiger partial charge in [0.05, 0.1) is 6.61 Å². The first-order valence-electron chi connectivity index (χ1n) is 6.90. The van der Waals surface area contributed by atoms with Crippen LogP contribution in [0.1, 0.15) is 26.3 Å². The maximum absolute atomic E-state index is 13.8. The summed E-state index contributed by atoms with van der Waals surface area (Å²) in [6, 6.07) is 3.42. The van der Waals surface area contributed by atoms with Crippen LogP contribution >= 0.6 is 0 Å². The molecule has 7 heteroatoms. The fraction of sp³-hybridized carbons (Fsp3) is 0.571. The van der Waals surface area contributed by atoms with E-state index < -0.39 is 21.9 Å². The standard InChI is InChI=1S/C14H23FN2O3S/c1-4-20-9-13(10(2)3)17-21(18,19)14-7-11(8-16)5-6-12(14)15/h5-7,10,13,17H,4,8-9,16H2,1-3H3. The Hall–Kier alpha value is -1.02.